The number of anilines is 1. The fraction of sp³-hybridized carbons (Fsp3) is 0.263. The number of fused-ring (bicyclic) bond motifs is 1. The number of aromatic nitrogens is 3. The van der Waals surface area contributed by atoms with Gasteiger partial charge in [-0.25, -0.2) is 15.0 Å². The molecule has 2 aromatic heterocycles. The number of hydrogen-bond donors (Lipinski definition) is 2. The molecule has 3 heterocycles. The van der Waals surface area contributed by atoms with E-state index < -0.39 is 5.91 Å². The maximum absolute atomic E-state index is 11.3. The number of carbonyl (C=O) groups is 1. The quantitative estimate of drug-likeness (QED) is 0.703. The second-order valence-electron chi connectivity index (χ2n) is 6.45. The smallest absolute Gasteiger partial charge is 0.248 e. The molecule has 0 fully saturated rings. The molecule has 7 nitrogen and oxygen atoms in total. The lowest BCUT2D eigenvalue weighted by atomic mass is 10.1. The number of thiazole rings is 1. The molecule has 27 heavy (non-hydrogen) atoms. The molecule has 1 amide bonds. The molecular weight excluding hydrogens is 360 g/mol. The first-order chi connectivity index (χ1) is 13.1. The van der Waals surface area contributed by atoms with Crippen LogP contribution in [0.2, 0.25) is 0 Å². The van der Waals surface area contributed by atoms with Crippen LogP contribution >= 0.6 is 11.3 Å². The van der Waals surface area contributed by atoms with Crippen LogP contribution in [0, 0.1) is 0 Å². The van der Waals surface area contributed by atoms with Crippen molar-refractivity contribution in [3.8, 4) is 11.4 Å². The van der Waals surface area contributed by atoms with Crippen molar-refractivity contribution in [3.63, 3.8) is 0 Å². The van der Waals surface area contributed by atoms with Gasteiger partial charge in [-0.1, -0.05) is 12.1 Å². The van der Waals surface area contributed by atoms with Gasteiger partial charge in [0.05, 0.1) is 12.2 Å². The lowest BCUT2D eigenvalue weighted by Gasteiger charge is -2.25. The molecule has 0 unspecified atom stereocenters. The van der Waals surface area contributed by atoms with Crippen molar-refractivity contribution in [2.75, 3.05) is 18.5 Å². The molecule has 0 bridgehead atoms. The summed E-state index contributed by atoms with van der Waals surface area (Å²) in [6.45, 7) is 2.35. The van der Waals surface area contributed by atoms with Gasteiger partial charge in [0, 0.05) is 41.9 Å². The predicted molar refractivity (Wildman–Crippen MR) is 106 cm³/mol. The van der Waals surface area contributed by atoms with Crippen molar-refractivity contribution in [2.24, 2.45) is 5.73 Å². The van der Waals surface area contributed by atoms with Crippen LogP contribution in [-0.2, 0) is 19.5 Å². The Morgan fingerprint density at radius 3 is 2.81 bits per heavy atom. The molecule has 0 saturated heterocycles. The number of nitrogens with zero attached hydrogens (tertiary/aromatic N) is 4. The molecule has 1 aliphatic heterocycles. The SMILES string of the molecule is CN(Cc1nccs1)c1nc(-c2ccc(C(N)=O)cc2)nc2c1CCNC2. The van der Waals surface area contributed by atoms with Crippen molar-refractivity contribution < 1.29 is 4.79 Å². The van der Waals surface area contributed by atoms with E-state index in [4.69, 9.17) is 15.7 Å². The molecule has 0 spiro atoms. The van der Waals surface area contributed by atoms with Gasteiger partial charge in [-0.2, -0.15) is 0 Å². The summed E-state index contributed by atoms with van der Waals surface area (Å²) in [5.74, 6) is 1.14. The van der Waals surface area contributed by atoms with Crippen molar-refractivity contribution in [3.05, 3.63) is 57.7 Å². The zero-order chi connectivity index (χ0) is 18.8. The molecule has 0 atom stereocenters. The predicted octanol–water partition coefficient (Wildman–Crippen LogP) is 1.98. The molecule has 1 aromatic carbocycles. The highest BCUT2D eigenvalue weighted by Crippen LogP contribution is 2.28. The zero-order valence-corrected chi connectivity index (χ0v) is 15.8. The van der Waals surface area contributed by atoms with E-state index in [1.54, 1.807) is 23.5 Å². The second-order valence-corrected chi connectivity index (χ2v) is 7.43. The molecule has 0 saturated carbocycles. The summed E-state index contributed by atoms with van der Waals surface area (Å²) >= 11 is 1.64. The topological polar surface area (TPSA) is 97.0 Å². The maximum atomic E-state index is 11.3. The van der Waals surface area contributed by atoms with Crippen molar-refractivity contribution in [1.29, 1.82) is 0 Å². The minimum Gasteiger partial charge on any atom is -0.366 e. The van der Waals surface area contributed by atoms with Crippen molar-refractivity contribution >= 4 is 23.1 Å². The number of benzene rings is 1. The van der Waals surface area contributed by atoms with Gasteiger partial charge < -0.3 is 16.0 Å². The Kier molecular flexibility index (Phi) is 4.83. The Morgan fingerprint density at radius 2 is 2.11 bits per heavy atom. The fourth-order valence-electron chi connectivity index (χ4n) is 3.18. The molecule has 4 rings (SSSR count). The first-order valence-corrected chi connectivity index (χ1v) is 9.60. The normalized spacial score (nSPS) is 13.2. The van der Waals surface area contributed by atoms with Gasteiger partial charge in [-0.3, -0.25) is 4.79 Å². The van der Waals surface area contributed by atoms with Crippen LogP contribution in [0.4, 0.5) is 5.82 Å². The molecule has 3 N–H and O–H groups in total. The van der Waals surface area contributed by atoms with E-state index in [-0.39, 0.29) is 0 Å². The van der Waals surface area contributed by atoms with Gasteiger partial charge in [0.1, 0.15) is 10.8 Å². The Hall–Kier alpha value is -2.84. The third-order valence-electron chi connectivity index (χ3n) is 4.56. The molecule has 8 heteroatoms. The van der Waals surface area contributed by atoms with Gasteiger partial charge in [-0.05, 0) is 25.1 Å². The van der Waals surface area contributed by atoms with Crippen LogP contribution in [0.15, 0.2) is 35.8 Å². The maximum Gasteiger partial charge on any atom is 0.248 e. The van der Waals surface area contributed by atoms with E-state index in [9.17, 15) is 4.79 Å². The Balaban J connectivity index is 1.73. The molecule has 0 radical (unpaired) electrons. The average molecular weight is 380 g/mol. The minimum absolute atomic E-state index is 0.444. The van der Waals surface area contributed by atoms with Gasteiger partial charge in [0.15, 0.2) is 5.82 Å². The molecule has 3 aromatic rings. The zero-order valence-electron chi connectivity index (χ0n) is 15.0. The van der Waals surface area contributed by atoms with E-state index in [1.807, 2.05) is 30.8 Å². The summed E-state index contributed by atoms with van der Waals surface area (Å²) in [7, 11) is 2.03. The van der Waals surface area contributed by atoms with Crippen molar-refractivity contribution in [1.82, 2.24) is 20.3 Å². The van der Waals surface area contributed by atoms with Crippen LogP contribution in [-0.4, -0.2) is 34.5 Å². The van der Waals surface area contributed by atoms with Crippen LogP contribution in [0.3, 0.4) is 0 Å². The van der Waals surface area contributed by atoms with Gasteiger partial charge in [0.2, 0.25) is 5.91 Å². The summed E-state index contributed by atoms with van der Waals surface area (Å²) in [6.07, 6.45) is 2.71. The minimum atomic E-state index is -0.444. The highest BCUT2D eigenvalue weighted by Gasteiger charge is 2.21. The number of primary amides is 1. The summed E-state index contributed by atoms with van der Waals surface area (Å²) in [6, 6.07) is 7.08. The summed E-state index contributed by atoms with van der Waals surface area (Å²) in [5.41, 5.74) is 8.87. The first-order valence-electron chi connectivity index (χ1n) is 8.72. The van der Waals surface area contributed by atoms with Gasteiger partial charge in [0.25, 0.3) is 0 Å². The highest BCUT2D eigenvalue weighted by molar-refractivity contribution is 7.09. The van der Waals surface area contributed by atoms with E-state index in [2.05, 4.69) is 15.2 Å². The fourth-order valence-corrected chi connectivity index (χ4v) is 3.85. The summed E-state index contributed by atoms with van der Waals surface area (Å²) < 4.78 is 0. The van der Waals surface area contributed by atoms with Gasteiger partial charge >= 0.3 is 0 Å². The molecular formula is C19H20N6OS. The lowest BCUT2D eigenvalue weighted by Crippen LogP contribution is -2.29. The van der Waals surface area contributed by atoms with E-state index in [1.165, 1.54) is 5.56 Å². The van der Waals surface area contributed by atoms with E-state index in [0.29, 0.717) is 17.9 Å². The molecule has 1 aliphatic rings. The average Bonchev–Trinajstić information content (AvgIpc) is 3.20. The third kappa shape index (κ3) is 3.67. The Bertz CT molecular complexity index is 955. The summed E-state index contributed by atoms with van der Waals surface area (Å²) in [5, 5.41) is 6.40. The molecule has 138 valence electrons. The van der Waals surface area contributed by atoms with Crippen molar-refractivity contribution in [2.45, 2.75) is 19.5 Å². The second kappa shape index (κ2) is 7.42. The first kappa shape index (κ1) is 17.6. The Labute approximate surface area is 161 Å². The third-order valence-corrected chi connectivity index (χ3v) is 5.32. The van der Waals surface area contributed by atoms with E-state index >= 15 is 0 Å². The number of nitrogens with one attached hydrogen (secondary N) is 1. The number of carbonyl (C=O) groups excluding carboxylic acids is 1. The van der Waals surface area contributed by atoms with Crippen LogP contribution in [0.25, 0.3) is 11.4 Å². The monoisotopic (exact) mass is 380 g/mol. The van der Waals surface area contributed by atoms with E-state index in [0.717, 1.165) is 41.6 Å². The number of amides is 1. The lowest BCUT2D eigenvalue weighted by molar-refractivity contribution is 0.100. The standard InChI is InChI=1S/C19H20N6OS/c1-25(11-16-22-8-9-27-16)19-14-6-7-21-10-15(14)23-18(24-19)13-4-2-12(3-5-13)17(20)26/h2-5,8-9,21H,6-7,10-11H2,1H3,(H2,20,26). The molecule has 0 aliphatic carbocycles. The Morgan fingerprint density at radius 1 is 1.30 bits per heavy atom. The van der Waals surface area contributed by atoms with Crippen LogP contribution < -0.4 is 16.0 Å². The van der Waals surface area contributed by atoms with Crippen LogP contribution in [0.1, 0.15) is 26.6 Å². The number of hydrogen-bond acceptors (Lipinski definition) is 7. The largest absolute Gasteiger partial charge is 0.366 e. The van der Waals surface area contributed by atoms with Gasteiger partial charge in [-0.15, -0.1) is 11.3 Å². The number of rotatable bonds is 5. The van der Waals surface area contributed by atoms with Crippen LogP contribution in [0.5, 0.6) is 0 Å². The summed E-state index contributed by atoms with van der Waals surface area (Å²) in [4.78, 5) is 27.4. The highest BCUT2D eigenvalue weighted by atomic mass is 32.1. The number of nitrogens with two attached hydrogens (primary N) is 1.